The highest BCUT2D eigenvalue weighted by molar-refractivity contribution is 6.32. The molecule has 2 heterocycles. The van der Waals surface area contributed by atoms with Crippen LogP contribution in [0.25, 0.3) is 5.69 Å². The van der Waals surface area contributed by atoms with Gasteiger partial charge in [-0.3, -0.25) is 19.7 Å². The van der Waals surface area contributed by atoms with Crippen molar-refractivity contribution in [3.05, 3.63) is 104 Å². The Hall–Kier alpha value is -4.90. The monoisotopic (exact) mass is 550 g/mol. The molecule has 0 unspecified atom stereocenters. The third kappa shape index (κ3) is 6.51. The van der Waals surface area contributed by atoms with Gasteiger partial charge in [-0.2, -0.15) is 5.10 Å². The molecule has 1 amide bonds. The zero-order valence-corrected chi connectivity index (χ0v) is 21.9. The van der Waals surface area contributed by atoms with Crippen molar-refractivity contribution in [3.8, 4) is 17.2 Å². The molecular weight excluding hydrogens is 528 g/mol. The van der Waals surface area contributed by atoms with E-state index in [0.717, 1.165) is 36.3 Å². The normalized spacial score (nSPS) is 11.0. The van der Waals surface area contributed by atoms with Gasteiger partial charge in [-0.1, -0.05) is 11.6 Å². The SMILES string of the molecule is CC(=O)Oc1c(Cl)cc(/C=N/NC(=O)c2ccc(COc3ccc(-n4c(C)ccc4C)cc3)o2)cc1[N+](=O)[O-]. The Morgan fingerprint density at radius 1 is 1.10 bits per heavy atom. The van der Waals surface area contributed by atoms with Crippen LogP contribution in [0.4, 0.5) is 5.69 Å². The Kier molecular flexibility index (Phi) is 8.11. The number of carbonyl (C=O) groups is 2. The van der Waals surface area contributed by atoms with Crippen LogP contribution in [0.3, 0.4) is 0 Å². The van der Waals surface area contributed by atoms with E-state index >= 15 is 0 Å². The molecule has 0 aliphatic heterocycles. The second-order valence-corrected chi connectivity index (χ2v) is 8.81. The smallest absolute Gasteiger partial charge is 0.313 e. The number of carbonyl (C=O) groups excluding carboxylic acids is 2. The van der Waals surface area contributed by atoms with E-state index in [1.54, 1.807) is 6.07 Å². The van der Waals surface area contributed by atoms with Gasteiger partial charge in [0.05, 0.1) is 16.2 Å². The van der Waals surface area contributed by atoms with Gasteiger partial charge < -0.3 is 18.5 Å². The van der Waals surface area contributed by atoms with E-state index in [0.29, 0.717) is 11.5 Å². The van der Waals surface area contributed by atoms with Crippen molar-refractivity contribution < 1.29 is 28.4 Å². The fourth-order valence-electron chi connectivity index (χ4n) is 3.77. The van der Waals surface area contributed by atoms with Crippen molar-refractivity contribution in [1.82, 2.24) is 9.99 Å². The summed E-state index contributed by atoms with van der Waals surface area (Å²) < 4.78 is 18.3. The lowest BCUT2D eigenvalue weighted by atomic mass is 10.2. The zero-order chi connectivity index (χ0) is 28.1. The van der Waals surface area contributed by atoms with E-state index in [4.69, 9.17) is 25.5 Å². The molecule has 200 valence electrons. The first-order valence-corrected chi connectivity index (χ1v) is 12.0. The number of hydrogen-bond donors (Lipinski definition) is 1. The molecule has 0 aliphatic rings. The average molecular weight is 551 g/mol. The first-order chi connectivity index (χ1) is 18.6. The zero-order valence-electron chi connectivity index (χ0n) is 21.1. The van der Waals surface area contributed by atoms with Crippen LogP contribution in [0, 0.1) is 24.0 Å². The maximum atomic E-state index is 12.4. The van der Waals surface area contributed by atoms with E-state index in [9.17, 15) is 19.7 Å². The highest BCUT2D eigenvalue weighted by Gasteiger charge is 2.22. The Morgan fingerprint density at radius 2 is 1.79 bits per heavy atom. The third-order valence-electron chi connectivity index (χ3n) is 5.50. The van der Waals surface area contributed by atoms with Crippen LogP contribution in [0.5, 0.6) is 11.5 Å². The Labute approximate surface area is 227 Å². The van der Waals surface area contributed by atoms with Gasteiger partial charge in [0.25, 0.3) is 0 Å². The van der Waals surface area contributed by atoms with E-state index in [-0.39, 0.29) is 28.7 Å². The maximum Gasteiger partial charge on any atom is 0.313 e. The number of benzene rings is 2. The molecule has 0 fully saturated rings. The van der Waals surface area contributed by atoms with Crippen molar-refractivity contribution >= 4 is 35.4 Å². The van der Waals surface area contributed by atoms with E-state index in [1.165, 1.54) is 12.1 Å². The number of halogens is 1. The number of hydrazone groups is 1. The van der Waals surface area contributed by atoms with Gasteiger partial charge in [-0.25, -0.2) is 5.43 Å². The van der Waals surface area contributed by atoms with Crippen LogP contribution in [0.15, 0.2) is 70.2 Å². The van der Waals surface area contributed by atoms with Crippen LogP contribution in [0.2, 0.25) is 5.02 Å². The molecule has 0 radical (unpaired) electrons. The van der Waals surface area contributed by atoms with Gasteiger partial charge in [-0.15, -0.1) is 0 Å². The molecule has 2 aromatic carbocycles. The highest BCUT2D eigenvalue weighted by atomic mass is 35.5. The summed E-state index contributed by atoms with van der Waals surface area (Å²) in [5.74, 6) is -0.713. The molecule has 4 rings (SSSR count). The summed E-state index contributed by atoms with van der Waals surface area (Å²) in [7, 11) is 0. The van der Waals surface area contributed by atoms with E-state index in [1.807, 2.05) is 38.1 Å². The molecular formula is C27H23ClN4O7. The first-order valence-electron chi connectivity index (χ1n) is 11.6. The molecule has 0 atom stereocenters. The Balaban J connectivity index is 1.35. The van der Waals surface area contributed by atoms with Crippen molar-refractivity contribution in [2.45, 2.75) is 27.4 Å². The summed E-state index contributed by atoms with van der Waals surface area (Å²) >= 11 is 6.02. The molecule has 0 saturated carbocycles. The number of aromatic nitrogens is 1. The molecule has 2 aromatic heterocycles. The molecule has 0 aliphatic carbocycles. The number of rotatable bonds is 9. The van der Waals surface area contributed by atoms with Crippen molar-refractivity contribution in [3.63, 3.8) is 0 Å². The standard InChI is InChI=1S/C27H23ClN4O7/c1-16-4-5-17(2)31(16)20-6-8-21(9-7-20)37-15-22-10-11-25(39-22)27(34)30-29-14-19-12-23(28)26(38-18(3)33)24(13-19)32(35)36/h4-14H,15H2,1-3H3,(H,30,34)/b29-14+. The summed E-state index contributed by atoms with van der Waals surface area (Å²) in [6.07, 6.45) is 1.15. The first kappa shape index (κ1) is 27.1. The number of hydrogen-bond acceptors (Lipinski definition) is 8. The summed E-state index contributed by atoms with van der Waals surface area (Å²) in [5.41, 5.74) is 5.24. The molecule has 4 aromatic rings. The number of nitrogens with one attached hydrogen (secondary N) is 1. The third-order valence-corrected chi connectivity index (χ3v) is 5.78. The number of nitro groups is 1. The van der Waals surface area contributed by atoms with Gasteiger partial charge in [0.2, 0.25) is 5.75 Å². The lowest BCUT2D eigenvalue weighted by Crippen LogP contribution is -2.16. The van der Waals surface area contributed by atoms with Crippen molar-refractivity contribution in [2.75, 3.05) is 0 Å². The number of ether oxygens (including phenoxy) is 2. The van der Waals surface area contributed by atoms with Crippen LogP contribution in [-0.2, 0) is 11.4 Å². The second kappa shape index (κ2) is 11.7. The predicted molar refractivity (Wildman–Crippen MR) is 143 cm³/mol. The minimum atomic E-state index is -0.757. The highest BCUT2D eigenvalue weighted by Crippen LogP contribution is 2.36. The number of esters is 1. The summed E-state index contributed by atoms with van der Waals surface area (Å²) in [6.45, 7) is 5.29. The topological polar surface area (TPSA) is 138 Å². The molecule has 39 heavy (non-hydrogen) atoms. The molecule has 11 nitrogen and oxygen atoms in total. The summed E-state index contributed by atoms with van der Waals surface area (Å²) in [6, 6.07) is 17.2. The predicted octanol–water partition coefficient (Wildman–Crippen LogP) is 5.52. The number of aryl methyl sites for hydroxylation is 2. The fraction of sp³-hybridized carbons (Fsp3) is 0.148. The van der Waals surface area contributed by atoms with Crippen LogP contribution < -0.4 is 14.9 Å². The van der Waals surface area contributed by atoms with Gasteiger partial charge in [-0.05, 0) is 68.4 Å². The van der Waals surface area contributed by atoms with Crippen LogP contribution in [-0.4, -0.2) is 27.6 Å². The van der Waals surface area contributed by atoms with Gasteiger partial charge in [0.15, 0.2) is 5.76 Å². The van der Waals surface area contributed by atoms with Crippen molar-refractivity contribution in [2.24, 2.45) is 5.10 Å². The molecule has 0 spiro atoms. The van der Waals surface area contributed by atoms with Gasteiger partial charge in [0, 0.05) is 35.6 Å². The molecule has 12 heteroatoms. The fourth-order valence-corrected chi connectivity index (χ4v) is 4.04. The Bertz CT molecular complexity index is 1550. The summed E-state index contributed by atoms with van der Waals surface area (Å²) in [5, 5.41) is 15.0. The van der Waals surface area contributed by atoms with Gasteiger partial charge in [0.1, 0.15) is 18.1 Å². The van der Waals surface area contributed by atoms with Gasteiger partial charge >= 0.3 is 17.6 Å². The van der Waals surface area contributed by atoms with Crippen molar-refractivity contribution in [1.29, 1.82) is 0 Å². The maximum absolute atomic E-state index is 12.4. The minimum absolute atomic E-state index is 0.00567. The number of furan rings is 1. The minimum Gasteiger partial charge on any atom is -0.486 e. The Morgan fingerprint density at radius 3 is 2.44 bits per heavy atom. The largest absolute Gasteiger partial charge is 0.486 e. The number of amides is 1. The lowest BCUT2D eigenvalue weighted by molar-refractivity contribution is -0.385. The lowest BCUT2D eigenvalue weighted by Gasteiger charge is -2.10. The summed E-state index contributed by atoms with van der Waals surface area (Å²) in [4.78, 5) is 34.2. The molecule has 0 saturated heterocycles. The number of nitrogens with zero attached hydrogens (tertiary/aromatic N) is 3. The number of nitro benzene ring substituents is 1. The quantitative estimate of drug-likeness (QED) is 0.0952. The van der Waals surface area contributed by atoms with E-state index < -0.39 is 22.5 Å². The molecule has 0 bridgehead atoms. The van der Waals surface area contributed by atoms with E-state index in [2.05, 4.69) is 27.2 Å². The molecule has 1 N–H and O–H groups in total. The average Bonchev–Trinajstić information content (AvgIpc) is 3.50. The van der Waals surface area contributed by atoms with Crippen LogP contribution >= 0.6 is 11.6 Å². The van der Waals surface area contributed by atoms with Crippen LogP contribution in [0.1, 0.15) is 40.2 Å². The second-order valence-electron chi connectivity index (χ2n) is 8.40.